The second kappa shape index (κ2) is 5.57. The van der Waals surface area contributed by atoms with E-state index in [0.717, 1.165) is 13.1 Å². The molecule has 0 N–H and O–H groups in total. The largest absolute Gasteiger partial charge is 0.375 e. The molecule has 1 fully saturated rings. The van der Waals surface area contributed by atoms with Gasteiger partial charge < -0.3 is 9.26 Å². The molecule has 0 aliphatic carbocycles. The number of aryl methyl sites for hydroxylation is 2. The van der Waals surface area contributed by atoms with Gasteiger partial charge in [0.05, 0.1) is 18.9 Å². The van der Waals surface area contributed by atoms with Gasteiger partial charge in [-0.2, -0.15) is 10.1 Å². The molecule has 21 heavy (non-hydrogen) atoms. The third-order valence-electron chi connectivity index (χ3n) is 4.10. The molecular formula is C14H21N5O2. The third kappa shape index (κ3) is 2.71. The maximum Gasteiger partial charge on any atom is 0.246 e. The molecule has 1 saturated heterocycles. The topological polar surface area (TPSA) is 69.2 Å². The van der Waals surface area contributed by atoms with E-state index in [0.29, 0.717) is 18.3 Å². The molecular weight excluding hydrogens is 270 g/mol. The van der Waals surface area contributed by atoms with E-state index in [4.69, 9.17) is 9.26 Å². The molecule has 2 atom stereocenters. The van der Waals surface area contributed by atoms with Gasteiger partial charge in [-0.05, 0) is 20.8 Å². The first kappa shape index (κ1) is 14.2. The number of aromatic nitrogens is 4. The van der Waals surface area contributed by atoms with Gasteiger partial charge in [-0.1, -0.05) is 5.16 Å². The zero-order chi connectivity index (χ0) is 15.0. The Kier molecular flexibility index (Phi) is 3.77. The normalized spacial score (nSPS) is 23.6. The molecule has 3 heterocycles. The first-order valence-electron chi connectivity index (χ1n) is 7.19. The van der Waals surface area contributed by atoms with Crippen LogP contribution in [-0.4, -0.2) is 44.1 Å². The standard InChI is InChI=1S/C14H21N5O2/c1-9-12(7-15-18(9)4)8-19-5-6-20-10(2)13(19)14-16-11(3)17-21-14/h7,10,13H,5-6,8H2,1-4H3/t10-,13+/m1/s1. The number of nitrogens with zero attached hydrogens (tertiary/aromatic N) is 5. The van der Waals surface area contributed by atoms with Gasteiger partial charge in [0.2, 0.25) is 5.89 Å². The van der Waals surface area contributed by atoms with Crippen molar-refractivity contribution < 1.29 is 9.26 Å². The molecule has 114 valence electrons. The number of morpholine rings is 1. The smallest absolute Gasteiger partial charge is 0.246 e. The van der Waals surface area contributed by atoms with Crippen LogP contribution in [0.5, 0.6) is 0 Å². The van der Waals surface area contributed by atoms with Gasteiger partial charge in [0, 0.05) is 31.4 Å². The van der Waals surface area contributed by atoms with Crippen LogP contribution >= 0.6 is 0 Å². The highest BCUT2D eigenvalue weighted by Crippen LogP contribution is 2.30. The van der Waals surface area contributed by atoms with Gasteiger partial charge in [0.1, 0.15) is 6.04 Å². The fourth-order valence-electron chi connectivity index (χ4n) is 2.77. The molecule has 0 spiro atoms. The van der Waals surface area contributed by atoms with Gasteiger partial charge >= 0.3 is 0 Å². The summed E-state index contributed by atoms with van der Waals surface area (Å²) in [6, 6.07) is -0.0143. The first-order valence-corrected chi connectivity index (χ1v) is 7.19. The second-order valence-electron chi connectivity index (χ2n) is 5.55. The monoisotopic (exact) mass is 291 g/mol. The van der Waals surface area contributed by atoms with Crippen LogP contribution in [0.3, 0.4) is 0 Å². The zero-order valence-corrected chi connectivity index (χ0v) is 12.9. The number of hydrogen-bond donors (Lipinski definition) is 0. The lowest BCUT2D eigenvalue weighted by atomic mass is 10.1. The summed E-state index contributed by atoms with van der Waals surface area (Å²) in [5, 5.41) is 8.21. The highest BCUT2D eigenvalue weighted by molar-refractivity contribution is 5.16. The van der Waals surface area contributed by atoms with Crippen molar-refractivity contribution in [2.75, 3.05) is 13.2 Å². The van der Waals surface area contributed by atoms with E-state index in [1.54, 1.807) is 0 Å². The number of rotatable bonds is 3. The minimum Gasteiger partial charge on any atom is -0.375 e. The molecule has 1 aliphatic rings. The Morgan fingerprint density at radius 3 is 2.81 bits per heavy atom. The minimum absolute atomic E-state index is 0.0143. The summed E-state index contributed by atoms with van der Waals surface area (Å²) in [5.74, 6) is 1.28. The van der Waals surface area contributed by atoms with E-state index < -0.39 is 0 Å². The van der Waals surface area contributed by atoms with Crippen LogP contribution in [0.15, 0.2) is 10.7 Å². The van der Waals surface area contributed by atoms with Gasteiger partial charge in [0.15, 0.2) is 5.82 Å². The first-order chi connectivity index (χ1) is 10.1. The minimum atomic E-state index is -0.0143. The molecule has 1 aliphatic heterocycles. The lowest BCUT2D eigenvalue weighted by Crippen LogP contribution is -2.43. The Morgan fingerprint density at radius 1 is 1.38 bits per heavy atom. The molecule has 3 rings (SSSR count). The summed E-state index contributed by atoms with van der Waals surface area (Å²) >= 11 is 0. The molecule has 0 saturated carbocycles. The quantitative estimate of drug-likeness (QED) is 0.851. The Bertz CT molecular complexity index is 621. The van der Waals surface area contributed by atoms with E-state index in [1.165, 1.54) is 11.3 Å². The van der Waals surface area contributed by atoms with E-state index in [9.17, 15) is 0 Å². The predicted molar refractivity (Wildman–Crippen MR) is 75.5 cm³/mol. The second-order valence-corrected chi connectivity index (χ2v) is 5.55. The van der Waals surface area contributed by atoms with Gasteiger partial charge in [-0.15, -0.1) is 0 Å². The lowest BCUT2D eigenvalue weighted by molar-refractivity contribution is -0.0763. The van der Waals surface area contributed by atoms with Crippen LogP contribution in [0.4, 0.5) is 0 Å². The van der Waals surface area contributed by atoms with Crippen LogP contribution < -0.4 is 0 Å². The molecule has 2 aromatic rings. The maximum absolute atomic E-state index is 5.77. The fourth-order valence-corrected chi connectivity index (χ4v) is 2.77. The fraction of sp³-hybridized carbons (Fsp3) is 0.643. The van der Waals surface area contributed by atoms with Crippen LogP contribution in [0.1, 0.15) is 35.9 Å². The summed E-state index contributed by atoms with van der Waals surface area (Å²) < 4.78 is 13.0. The van der Waals surface area contributed by atoms with Crippen molar-refractivity contribution in [1.82, 2.24) is 24.8 Å². The van der Waals surface area contributed by atoms with Crippen LogP contribution in [0, 0.1) is 13.8 Å². The molecule has 0 aromatic carbocycles. The zero-order valence-electron chi connectivity index (χ0n) is 12.9. The van der Waals surface area contributed by atoms with E-state index in [1.807, 2.05) is 31.8 Å². The van der Waals surface area contributed by atoms with E-state index in [-0.39, 0.29) is 12.1 Å². The summed E-state index contributed by atoms with van der Waals surface area (Å²) in [6.07, 6.45) is 1.95. The SMILES string of the molecule is Cc1noc([C@@H]2[C@@H](C)OCCN2Cc2cnn(C)c2C)n1. The van der Waals surface area contributed by atoms with Crippen LogP contribution in [0.2, 0.25) is 0 Å². The lowest BCUT2D eigenvalue weighted by Gasteiger charge is -2.37. The van der Waals surface area contributed by atoms with Crippen molar-refractivity contribution in [3.05, 3.63) is 29.2 Å². The summed E-state index contributed by atoms with van der Waals surface area (Å²) in [4.78, 5) is 6.71. The Labute approximate surface area is 123 Å². The third-order valence-corrected chi connectivity index (χ3v) is 4.10. The van der Waals surface area contributed by atoms with Crippen molar-refractivity contribution in [3.63, 3.8) is 0 Å². The van der Waals surface area contributed by atoms with Crippen molar-refractivity contribution in [3.8, 4) is 0 Å². The molecule has 0 radical (unpaired) electrons. The molecule has 7 heteroatoms. The number of ether oxygens (including phenoxy) is 1. The van der Waals surface area contributed by atoms with Crippen molar-refractivity contribution >= 4 is 0 Å². The average molecular weight is 291 g/mol. The molecule has 0 bridgehead atoms. The van der Waals surface area contributed by atoms with Crippen LogP contribution in [-0.2, 0) is 18.3 Å². The van der Waals surface area contributed by atoms with Crippen molar-refractivity contribution in [2.24, 2.45) is 7.05 Å². The Balaban J connectivity index is 1.85. The Morgan fingerprint density at radius 2 is 2.19 bits per heavy atom. The Hall–Kier alpha value is -1.73. The maximum atomic E-state index is 5.77. The molecule has 7 nitrogen and oxygen atoms in total. The summed E-state index contributed by atoms with van der Waals surface area (Å²) in [5.41, 5.74) is 2.39. The van der Waals surface area contributed by atoms with Gasteiger partial charge in [0.25, 0.3) is 0 Å². The predicted octanol–water partition coefficient (Wildman–Crippen LogP) is 1.38. The highest BCUT2D eigenvalue weighted by atomic mass is 16.5. The van der Waals surface area contributed by atoms with Gasteiger partial charge in [-0.25, -0.2) is 0 Å². The molecule has 2 aromatic heterocycles. The molecule has 0 amide bonds. The molecule has 0 unspecified atom stereocenters. The summed E-state index contributed by atoms with van der Waals surface area (Å²) in [7, 11) is 1.96. The van der Waals surface area contributed by atoms with Crippen LogP contribution in [0.25, 0.3) is 0 Å². The highest BCUT2D eigenvalue weighted by Gasteiger charge is 2.35. The summed E-state index contributed by atoms with van der Waals surface area (Å²) in [6.45, 7) is 8.32. The van der Waals surface area contributed by atoms with E-state index in [2.05, 4.69) is 27.1 Å². The van der Waals surface area contributed by atoms with Gasteiger partial charge in [-0.3, -0.25) is 9.58 Å². The van der Waals surface area contributed by atoms with E-state index >= 15 is 0 Å². The average Bonchev–Trinajstić information content (AvgIpc) is 3.00. The van der Waals surface area contributed by atoms with Crippen molar-refractivity contribution in [1.29, 1.82) is 0 Å². The van der Waals surface area contributed by atoms with Crippen molar-refractivity contribution in [2.45, 2.75) is 39.5 Å². The number of hydrogen-bond acceptors (Lipinski definition) is 6.